The number of hydrogen-bond donors (Lipinski definition) is 4. The van der Waals surface area contributed by atoms with Crippen molar-refractivity contribution < 1.29 is 24.5 Å². The van der Waals surface area contributed by atoms with E-state index in [1.54, 1.807) is 18.2 Å². The second-order valence-corrected chi connectivity index (χ2v) is 8.26. The Balaban J connectivity index is 1.90. The standard InChI is InChI=1S/C23H36N2O5/c1-3-4-5-6-7-8-9-10-18(26)16-23(21(28)24-22(29)25-23)14-13-17-11-12-19(27)20(15-17)30-2/h11-12,15,18,26-27H,3-10,13-14,16H2,1-2H3,(H2,24,25,28,29)/t18-,23?/m0/s1. The van der Waals surface area contributed by atoms with Crippen LogP contribution in [0.1, 0.15) is 76.7 Å². The van der Waals surface area contributed by atoms with Crippen LogP contribution in [0.4, 0.5) is 4.79 Å². The summed E-state index contributed by atoms with van der Waals surface area (Å²) in [5.74, 6) is 0.0188. The third kappa shape index (κ3) is 6.90. The van der Waals surface area contributed by atoms with Crippen LogP contribution in [0.2, 0.25) is 0 Å². The molecule has 1 aromatic rings. The van der Waals surface area contributed by atoms with Crippen LogP contribution in [0, 0.1) is 0 Å². The monoisotopic (exact) mass is 420 g/mol. The van der Waals surface area contributed by atoms with Crippen molar-refractivity contribution in [3.05, 3.63) is 23.8 Å². The number of amides is 3. The molecule has 0 bridgehead atoms. The molecule has 1 aromatic carbocycles. The number of unbranched alkanes of at least 4 members (excludes halogenated alkanes) is 6. The Morgan fingerprint density at radius 3 is 2.43 bits per heavy atom. The molecule has 0 radical (unpaired) electrons. The van der Waals surface area contributed by atoms with E-state index >= 15 is 0 Å². The van der Waals surface area contributed by atoms with Gasteiger partial charge in [-0.05, 0) is 37.0 Å². The van der Waals surface area contributed by atoms with E-state index < -0.39 is 23.6 Å². The highest BCUT2D eigenvalue weighted by atomic mass is 16.5. The van der Waals surface area contributed by atoms with E-state index in [2.05, 4.69) is 17.6 Å². The Bertz CT molecular complexity index is 709. The second kappa shape index (κ2) is 11.8. The van der Waals surface area contributed by atoms with Gasteiger partial charge >= 0.3 is 6.03 Å². The van der Waals surface area contributed by atoms with Gasteiger partial charge < -0.3 is 20.3 Å². The third-order valence-corrected chi connectivity index (χ3v) is 5.82. The molecular weight excluding hydrogens is 384 g/mol. The Hall–Kier alpha value is -2.28. The molecule has 0 saturated carbocycles. The Kier molecular flexibility index (Phi) is 9.43. The lowest BCUT2D eigenvalue weighted by Crippen LogP contribution is -2.49. The zero-order valence-electron chi connectivity index (χ0n) is 18.2. The predicted molar refractivity (Wildman–Crippen MR) is 116 cm³/mol. The van der Waals surface area contributed by atoms with Crippen molar-refractivity contribution in [2.75, 3.05) is 7.11 Å². The second-order valence-electron chi connectivity index (χ2n) is 8.26. The molecule has 1 aliphatic heterocycles. The van der Waals surface area contributed by atoms with E-state index in [1.807, 2.05) is 0 Å². The van der Waals surface area contributed by atoms with Crippen LogP contribution in [-0.2, 0) is 11.2 Å². The fraction of sp³-hybridized carbons (Fsp3) is 0.652. The highest BCUT2D eigenvalue weighted by Crippen LogP contribution is 2.30. The number of nitrogens with one attached hydrogen (secondary N) is 2. The van der Waals surface area contributed by atoms with Crippen molar-refractivity contribution in [1.29, 1.82) is 0 Å². The molecule has 7 heteroatoms. The fourth-order valence-electron chi connectivity index (χ4n) is 4.03. The van der Waals surface area contributed by atoms with Crippen molar-refractivity contribution >= 4 is 11.9 Å². The average molecular weight is 421 g/mol. The molecule has 2 rings (SSSR count). The summed E-state index contributed by atoms with van der Waals surface area (Å²) >= 11 is 0. The number of rotatable bonds is 14. The van der Waals surface area contributed by atoms with Gasteiger partial charge in [0, 0.05) is 6.42 Å². The van der Waals surface area contributed by atoms with Gasteiger partial charge in [-0.2, -0.15) is 0 Å². The summed E-state index contributed by atoms with van der Waals surface area (Å²) in [7, 11) is 1.48. The van der Waals surface area contributed by atoms with Gasteiger partial charge in [0.05, 0.1) is 13.2 Å². The van der Waals surface area contributed by atoms with Crippen molar-refractivity contribution in [2.45, 2.75) is 89.2 Å². The molecular formula is C23H36N2O5. The highest BCUT2D eigenvalue weighted by Gasteiger charge is 2.46. The van der Waals surface area contributed by atoms with E-state index in [0.29, 0.717) is 25.0 Å². The molecule has 1 aliphatic rings. The largest absolute Gasteiger partial charge is 0.504 e. The SMILES string of the molecule is CCCCCCCCC[C@H](O)CC1(CCc2ccc(O)c(OC)c2)NC(=O)NC1=O. The number of aromatic hydroxyl groups is 1. The van der Waals surface area contributed by atoms with Gasteiger partial charge in [0.15, 0.2) is 11.5 Å². The zero-order chi connectivity index (χ0) is 22.0. The number of aliphatic hydroxyl groups is 1. The minimum Gasteiger partial charge on any atom is -0.504 e. The van der Waals surface area contributed by atoms with Crippen LogP contribution >= 0.6 is 0 Å². The van der Waals surface area contributed by atoms with Gasteiger partial charge in [-0.1, -0.05) is 57.9 Å². The fourth-order valence-corrected chi connectivity index (χ4v) is 4.03. The molecule has 1 heterocycles. The number of carbonyl (C=O) groups is 2. The van der Waals surface area contributed by atoms with Crippen LogP contribution in [0.5, 0.6) is 11.5 Å². The minimum absolute atomic E-state index is 0.0491. The van der Waals surface area contributed by atoms with Crippen LogP contribution in [0.15, 0.2) is 18.2 Å². The summed E-state index contributed by atoms with van der Waals surface area (Å²) in [5.41, 5.74) is -0.248. The van der Waals surface area contributed by atoms with Gasteiger partial charge in [-0.25, -0.2) is 4.79 Å². The molecule has 1 saturated heterocycles. The minimum atomic E-state index is -1.12. The first-order chi connectivity index (χ1) is 14.4. The smallest absolute Gasteiger partial charge is 0.322 e. The van der Waals surface area contributed by atoms with Crippen LogP contribution in [-0.4, -0.2) is 40.9 Å². The maximum absolute atomic E-state index is 12.5. The maximum Gasteiger partial charge on any atom is 0.322 e. The normalized spacial score (nSPS) is 19.4. The van der Waals surface area contributed by atoms with Gasteiger partial charge in [0.25, 0.3) is 5.91 Å². The first-order valence-corrected chi connectivity index (χ1v) is 11.1. The summed E-state index contributed by atoms with van der Waals surface area (Å²) < 4.78 is 5.13. The molecule has 0 aromatic heterocycles. The first kappa shape index (κ1) is 24.0. The summed E-state index contributed by atoms with van der Waals surface area (Å²) in [5, 5.41) is 25.4. The quantitative estimate of drug-likeness (QED) is 0.270. The molecule has 168 valence electrons. The molecule has 0 aliphatic carbocycles. The summed E-state index contributed by atoms with van der Waals surface area (Å²) in [6.45, 7) is 2.20. The van der Waals surface area contributed by atoms with E-state index in [-0.39, 0.29) is 12.2 Å². The number of urea groups is 1. The zero-order valence-corrected chi connectivity index (χ0v) is 18.2. The molecule has 2 atom stereocenters. The van der Waals surface area contributed by atoms with Gasteiger partial charge in [0.1, 0.15) is 5.54 Å². The Morgan fingerprint density at radius 2 is 1.80 bits per heavy atom. The number of benzene rings is 1. The third-order valence-electron chi connectivity index (χ3n) is 5.82. The van der Waals surface area contributed by atoms with Crippen molar-refractivity contribution in [3.63, 3.8) is 0 Å². The number of carbonyl (C=O) groups excluding carboxylic acids is 2. The summed E-state index contributed by atoms with van der Waals surface area (Å²) in [6.07, 6.45) is 9.13. The van der Waals surface area contributed by atoms with Crippen LogP contribution < -0.4 is 15.4 Å². The molecule has 7 nitrogen and oxygen atoms in total. The maximum atomic E-state index is 12.5. The molecule has 1 fully saturated rings. The lowest BCUT2D eigenvalue weighted by atomic mass is 9.84. The molecule has 3 amide bonds. The first-order valence-electron chi connectivity index (χ1n) is 11.1. The number of aryl methyl sites for hydroxylation is 1. The van der Waals surface area contributed by atoms with Gasteiger partial charge in [-0.3, -0.25) is 10.1 Å². The lowest BCUT2D eigenvalue weighted by molar-refractivity contribution is -0.125. The van der Waals surface area contributed by atoms with E-state index in [0.717, 1.165) is 24.8 Å². The van der Waals surface area contributed by atoms with Crippen molar-refractivity contribution in [1.82, 2.24) is 10.6 Å². The number of imide groups is 1. The predicted octanol–water partition coefficient (Wildman–Crippen LogP) is 3.80. The highest BCUT2D eigenvalue weighted by molar-refractivity contribution is 6.07. The molecule has 1 unspecified atom stereocenters. The lowest BCUT2D eigenvalue weighted by Gasteiger charge is -2.28. The number of ether oxygens (including phenoxy) is 1. The Morgan fingerprint density at radius 1 is 1.10 bits per heavy atom. The van der Waals surface area contributed by atoms with Gasteiger partial charge in [0.2, 0.25) is 0 Å². The Labute approximate surface area is 179 Å². The van der Waals surface area contributed by atoms with E-state index in [1.165, 1.54) is 32.8 Å². The number of aliphatic hydroxyl groups excluding tert-OH is 1. The topological polar surface area (TPSA) is 108 Å². The van der Waals surface area contributed by atoms with E-state index in [4.69, 9.17) is 4.74 Å². The average Bonchev–Trinajstić information content (AvgIpc) is 2.99. The molecule has 30 heavy (non-hydrogen) atoms. The van der Waals surface area contributed by atoms with E-state index in [9.17, 15) is 19.8 Å². The molecule has 0 spiro atoms. The number of methoxy groups -OCH3 is 1. The van der Waals surface area contributed by atoms with Crippen LogP contribution in [0.3, 0.4) is 0 Å². The number of phenolic OH excluding ortho intramolecular Hbond substituents is 1. The molecule has 4 N–H and O–H groups in total. The van der Waals surface area contributed by atoms with Crippen molar-refractivity contribution in [2.24, 2.45) is 0 Å². The number of phenols is 1. The van der Waals surface area contributed by atoms with Gasteiger partial charge in [-0.15, -0.1) is 0 Å². The number of hydrogen-bond acceptors (Lipinski definition) is 5. The summed E-state index contributed by atoms with van der Waals surface area (Å²) in [6, 6.07) is 4.50. The van der Waals surface area contributed by atoms with Crippen LogP contribution in [0.25, 0.3) is 0 Å². The van der Waals surface area contributed by atoms with Crippen molar-refractivity contribution in [3.8, 4) is 11.5 Å². The summed E-state index contributed by atoms with van der Waals surface area (Å²) in [4.78, 5) is 24.4.